The molecule has 8 heteroatoms. The van der Waals surface area contributed by atoms with Crippen LogP contribution >= 0.6 is 0 Å². The molecule has 0 radical (unpaired) electrons. The van der Waals surface area contributed by atoms with Crippen molar-refractivity contribution < 1.29 is 22.5 Å². The van der Waals surface area contributed by atoms with E-state index in [0.717, 1.165) is 18.9 Å². The predicted octanol–water partition coefficient (Wildman–Crippen LogP) is 4.73. The number of likely N-dealkylation sites (tertiary alicyclic amines) is 1. The topological polar surface area (TPSA) is 59.2 Å². The zero-order valence-electron chi connectivity index (χ0n) is 16.2. The van der Waals surface area contributed by atoms with E-state index in [2.05, 4.69) is 10.1 Å². The van der Waals surface area contributed by atoms with Crippen molar-refractivity contribution in [2.75, 3.05) is 13.1 Å². The molecule has 3 heterocycles. The van der Waals surface area contributed by atoms with E-state index < -0.39 is 11.7 Å². The molecular formula is C20H24F3N3O2. The summed E-state index contributed by atoms with van der Waals surface area (Å²) >= 11 is 0. The van der Waals surface area contributed by atoms with Gasteiger partial charge in [0.15, 0.2) is 0 Å². The summed E-state index contributed by atoms with van der Waals surface area (Å²) < 4.78 is 46.6. The number of carbonyl (C=O) groups excluding carboxylic acids is 1. The van der Waals surface area contributed by atoms with Gasteiger partial charge in [-0.2, -0.15) is 13.2 Å². The Balaban J connectivity index is 1.71. The molecule has 0 spiro atoms. The van der Waals surface area contributed by atoms with Crippen LogP contribution in [0.2, 0.25) is 0 Å². The SMILES string of the molecule is CC(C)c1cc(C(F)(F)F)c2c([C@@H]3CCCN(C(=O)[C@H]4C[C@@H]4C)C3)noc2n1. The highest BCUT2D eigenvalue weighted by atomic mass is 19.4. The summed E-state index contributed by atoms with van der Waals surface area (Å²) in [6.45, 7) is 6.65. The summed E-state index contributed by atoms with van der Waals surface area (Å²) in [5.41, 5.74) is -0.235. The van der Waals surface area contributed by atoms with Crippen LogP contribution in [-0.4, -0.2) is 34.0 Å². The summed E-state index contributed by atoms with van der Waals surface area (Å²) in [5.74, 6) is 0.134. The number of nitrogens with zero attached hydrogens (tertiary/aromatic N) is 3. The van der Waals surface area contributed by atoms with Gasteiger partial charge in [0.2, 0.25) is 5.91 Å². The molecule has 0 aromatic carbocycles. The van der Waals surface area contributed by atoms with Gasteiger partial charge in [0.25, 0.3) is 5.71 Å². The largest absolute Gasteiger partial charge is 0.417 e. The van der Waals surface area contributed by atoms with Crippen molar-refractivity contribution in [1.29, 1.82) is 0 Å². The Morgan fingerprint density at radius 2 is 2.07 bits per heavy atom. The van der Waals surface area contributed by atoms with Gasteiger partial charge in [0.05, 0.1) is 16.6 Å². The first-order valence-corrected chi connectivity index (χ1v) is 9.83. The molecule has 4 rings (SSSR count). The number of hydrogen-bond donors (Lipinski definition) is 0. The quantitative estimate of drug-likeness (QED) is 0.754. The first-order valence-electron chi connectivity index (χ1n) is 9.83. The molecule has 2 aromatic heterocycles. The molecule has 3 atom stereocenters. The highest BCUT2D eigenvalue weighted by molar-refractivity contribution is 5.83. The van der Waals surface area contributed by atoms with E-state index in [1.54, 1.807) is 18.7 Å². The number of halogens is 3. The summed E-state index contributed by atoms with van der Waals surface area (Å²) in [5, 5.41) is 3.93. The Bertz CT molecular complexity index is 906. The van der Waals surface area contributed by atoms with Gasteiger partial charge in [-0.25, -0.2) is 4.98 Å². The standard InChI is InChI=1S/C20H24F3N3O2/c1-10(2)15-8-14(20(21,22)23)16-17(25-28-18(16)24-15)12-5-4-6-26(9-12)19(27)13-7-11(13)3/h8,10-13H,4-7,9H2,1-3H3/t11-,12+,13-/m0/s1. The van der Waals surface area contributed by atoms with Crippen LogP contribution in [0.5, 0.6) is 0 Å². The van der Waals surface area contributed by atoms with E-state index in [1.807, 2.05) is 6.92 Å². The third-order valence-electron chi connectivity index (χ3n) is 5.94. The van der Waals surface area contributed by atoms with Gasteiger partial charge in [0, 0.05) is 30.6 Å². The van der Waals surface area contributed by atoms with Crippen LogP contribution in [0.1, 0.15) is 68.8 Å². The lowest BCUT2D eigenvalue weighted by atomic mass is 9.91. The van der Waals surface area contributed by atoms with Crippen molar-refractivity contribution in [2.24, 2.45) is 11.8 Å². The molecule has 1 aliphatic carbocycles. The highest BCUT2D eigenvalue weighted by Crippen LogP contribution is 2.43. The van der Waals surface area contributed by atoms with Gasteiger partial charge in [-0.3, -0.25) is 4.79 Å². The normalized spacial score (nSPS) is 25.5. The Morgan fingerprint density at radius 1 is 1.36 bits per heavy atom. The van der Waals surface area contributed by atoms with Crippen LogP contribution in [0.4, 0.5) is 13.2 Å². The molecule has 2 aliphatic rings. The number of fused-ring (bicyclic) bond motifs is 1. The van der Waals surface area contributed by atoms with E-state index in [4.69, 9.17) is 4.52 Å². The molecule has 0 bridgehead atoms. The Kier molecular flexibility index (Phi) is 4.62. The highest BCUT2D eigenvalue weighted by Gasteiger charge is 2.43. The lowest BCUT2D eigenvalue weighted by Gasteiger charge is -2.32. The third kappa shape index (κ3) is 3.37. The zero-order chi connectivity index (χ0) is 20.2. The summed E-state index contributed by atoms with van der Waals surface area (Å²) in [6.07, 6.45) is -2.22. The second-order valence-electron chi connectivity index (χ2n) is 8.44. The van der Waals surface area contributed by atoms with E-state index >= 15 is 0 Å². The van der Waals surface area contributed by atoms with Crippen LogP contribution in [0.25, 0.3) is 11.1 Å². The zero-order valence-corrected chi connectivity index (χ0v) is 16.2. The van der Waals surface area contributed by atoms with Gasteiger partial charge in [0.1, 0.15) is 0 Å². The smallest absolute Gasteiger partial charge is 0.342 e. The van der Waals surface area contributed by atoms with Gasteiger partial charge in [-0.15, -0.1) is 0 Å². The first-order chi connectivity index (χ1) is 13.2. The third-order valence-corrected chi connectivity index (χ3v) is 5.94. The van der Waals surface area contributed by atoms with Crippen molar-refractivity contribution >= 4 is 17.0 Å². The van der Waals surface area contributed by atoms with E-state index in [0.29, 0.717) is 31.1 Å². The average Bonchev–Trinajstić information content (AvgIpc) is 3.22. The number of pyridine rings is 1. The van der Waals surface area contributed by atoms with Gasteiger partial charge in [-0.1, -0.05) is 25.9 Å². The molecule has 0 N–H and O–H groups in total. The van der Waals surface area contributed by atoms with Crippen LogP contribution < -0.4 is 0 Å². The molecule has 1 saturated heterocycles. The second-order valence-corrected chi connectivity index (χ2v) is 8.44. The molecule has 1 amide bonds. The molecule has 152 valence electrons. The van der Waals surface area contributed by atoms with E-state index in [9.17, 15) is 18.0 Å². The van der Waals surface area contributed by atoms with Crippen molar-refractivity contribution in [3.05, 3.63) is 23.0 Å². The summed E-state index contributed by atoms with van der Waals surface area (Å²) in [4.78, 5) is 18.6. The first kappa shape index (κ1) is 19.2. The lowest BCUT2D eigenvalue weighted by Crippen LogP contribution is -2.40. The molecule has 28 heavy (non-hydrogen) atoms. The predicted molar refractivity (Wildman–Crippen MR) is 96.7 cm³/mol. The summed E-state index contributed by atoms with van der Waals surface area (Å²) in [7, 11) is 0. The van der Waals surface area contributed by atoms with Crippen LogP contribution in [0, 0.1) is 11.8 Å². The Labute approximate surface area is 161 Å². The number of hydrogen-bond acceptors (Lipinski definition) is 4. The number of carbonyl (C=O) groups is 1. The fourth-order valence-corrected chi connectivity index (χ4v) is 4.09. The maximum absolute atomic E-state index is 13.8. The van der Waals surface area contributed by atoms with Crippen LogP contribution in [0.3, 0.4) is 0 Å². The molecule has 2 fully saturated rings. The van der Waals surface area contributed by atoms with Crippen molar-refractivity contribution in [3.63, 3.8) is 0 Å². The Morgan fingerprint density at radius 3 is 2.68 bits per heavy atom. The van der Waals surface area contributed by atoms with Gasteiger partial charge >= 0.3 is 6.18 Å². The Hall–Kier alpha value is -2.12. The average molecular weight is 395 g/mol. The fourth-order valence-electron chi connectivity index (χ4n) is 4.09. The monoisotopic (exact) mass is 395 g/mol. The number of aromatic nitrogens is 2. The van der Waals surface area contributed by atoms with Gasteiger partial charge < -0.3 is 9.42 Å². The van der Waals surface area contributed by atoms with Crippen molar-refractivity contribution in [1.82, 2.24) is 15.0 Å². The second kappa shape index (κ2) is 6.74. The number of alkyl halides is 3. The van der Waals surface area contributed by atoms with E-state index in [1.165, 1.54) is 0 Å². The number of rotatable bonds is 3. The minimum Gasteiger partial charge on any atom is -0.342 e. The fraction of sp³-hybridized carbons (Fsp3) is 0.650. The maximum atomic E-state index is 13.8. The minimum atomic E-state index is -4.53. The van der Waals surface area contributed by atoms with Crippen molar-refractivity contribution in [3.8, 4) is 0 Å². The minimum absolute atomic E-state index is 0.0593. The molecule has 1 saturated carbocycles. The van der Waals surface area contributed by atoms with E-state index in [-0.39, 0.29) is 40.5 Å². The molecular weight excluding hydrogens is 371 g/mol. The summed E-state index contributed by atoms with van der Waals surface area (Å²) in [6, 6.07) is 1.10. The number of amides is 1. The molecule has 2 aromatic rings. The van der Waals surface area contributed by atoms with Crippen LogP contribution in [0.15, 0.2) is 10.6 Å². The number of piperidine rings is 1. The van der Waals surface area contributed by atoms with Crippen LogP contribution in [-0.2, 0) is 11.0 Å². The van der Waals surface area contributed by atoms with Crippen molar-refractivity contribution in [2.45, 2.75) is 58.0 Å². The van der Waals surface area contributed by atoms with Gasteiger partial charge in [-0.05, 0) is 37.2 Å². The molecule has 1 aliphatic heterocycles. The lowest BCUT2D eigenvalue weighted by molar-refractivity contribution is -0.136. The molecule has 0 unspecified atom stereocenters. The molecule has 5 nitrogen and oxygen atoms in total. The maximum Gasteiger partial charge on any atom is 0.417 e.